The van der Waals surface area contributed by atoms with Crippen LogP contribution >= 0.6 is 0 Å². The highest BCUT2D eigenvalue weighted by atomic mass is 16.3. The van der Waals surface area contributed by atoms with Crippen molar-refractivity contribution in [1.29, 1.82) is 0 Å². The van der Waals surface area contributed by atoms with Crippen LogP contribution in [0.2, 0.25) is 0 Å². The molecule has 1 atom stereocenters. The number of aliphatic hydroxyl groups is 1. The second kappa shape index (κ2) is 5.35. The van der Waals surface area contributed by atoms with Crippen molar-refractivity contribution in [3.05, 3.63) is 35.9 Å². The molecular formula is C15H19NO. The summed E-state index contributed by atoms with van der Waals surface area (Å²) in [7, 11) is 0. The maximum absolute atomic E-state index is 9.97. The minimum Gasteiger partial charge on any atom is -0.389 e. The zero-order valence-corrected chi connectivity index (χ0v) is 10.3. The van der Waals surface area contributed by atoms with E-state index in [1.165, 1.54) is 0 Å². The van der Waals surface area contributed by atoms with Gasteiger partial charge in [0.1, 0.15) is 0 Å². The molecular weight excluding hydrogens is 210 g/mol. The third-order valence-corrected chi connectivity index (χ3v) is 3.06. The number of piperidine rings is 1. The number of nitrogens with zero attached hydrogens (tertiary/aromatic N) is 1. The standard InChI is InChI=1S/C15H19NO/c1-15(17)10-6-12-16(13-15)11-5-9-14-7-3-2-4-8-14/h2-4,7-8,17H,6,10-13H2,1H3. The molecule has 1 heterocycles. The Labute approximate surface area is 103 Å². The topological polar surface area (TPSA) is 23.5 Å². The molecule has 1 unspecified atom stereocenters. The molecule has 2 heteroatoms. The number of likely N-dealkylation sites (tertiary alicyclic amines) is 1. The SMILES string of the molecule is CC1(O)CCCN(CC#Cc2ccccc2)C1. The number of hydrogen-bond donors (Lipinski definition) is 1. The summed E-state index contributed by atoms with van der Waals surface area (Å²) in [5.41, 5.74) is 0.517. The van der Waals surface area contributed by atoms with Crippen LogP contribution in [0, 0.1) is 11.8 Å². The van der Waals surface area contributed by atoms with Crippen LogP contribution in [0.4, 0.5) is 0 Å². The molecule has 0 radical (unpaired) electrons. The Hall–Kier alpha value is -1.30. The van der Waals surface area contributed by atoms with E-state index < -0.39 is 5.60 Å². The fourth-order valence-corrected chi connectivity index (χ4v) is 2.23. The van der Waals surface area contributed by atoms with Gasteiger partial charge in [-0.15, -0.1) is 0 Å². The quantitative estimate of drug-likeness (QED) is 0.743. The molecule has 1 aromatic carbocycles. The van der Waals surface area contributed by atoms with Crippen molar-refractivity contribution in [1.82, 2.24) is 4.90 Å². The van der Waals surface area contributed by atoms with E-state index in [0.717, 1.165) is 38.0 Å². The van der Waals surface area contributed by atoms with Gasteiger partial charge in [0, 0.05) is 12.1 Å². The third-order valence-electron chi connectivity index (χ3n) is 3.06. The summed E-state index contributed by atoms with van der Waals surface area (Å²) < 4.78 is 0. The smallest absolute Gasteiger partial charge is 0.0746 e. The van der Waals surface area contributed by atoms with Crippen LogP contribution in [0.5, 0.6) is 0 Å². The highest BCUT2D eigenvalue weighted by Crippen LogP contribution is 2.19. The molecule has 17 heavy (non-hydrogen) atoms. The van der Waals surface area contributed by atoms with Gasteiger partial charge in [-0.1, -0.05) is 30.0 Å². The number of rotatable bonds is 1. The highest BCUT2D eigenvalue weighted by molar-refractivity contribution is 5.33. The number of benzene rings is 1. The van der Waals surface area contributed by atoms with Crippen molar-refractivity contribution >= 4 is 0 Å². The first-order valence-corrected chi connectivity index (χ1v) is 6.14. The molecule has 0 aliphatic carbocycles. The fourth-order valence-electron chi connectivity index (χ4n) is 2.23. The summed E-state index contributed by atoms with van der Waals surface area (Å²) in [6.07, 6.45) is 1.95. The van der Waals surface area contributed by atoms with Gasteiger partial charge in [-0.25, -0.2) is 0 Å². The number of hydrogen-bond acceptors (Lipinski definition) is 2. The largest absolute Gasteiger partial charge is 0.389 e. The van der Waals surface area contributed by atoms with E-state index >= 15 is 0 Å². The normalized spacial score (nSPS) is 25.1. The minimum atomic E-state index is -0.535. The fraction of sp³-hybridized carbons (Fsp3) is 0.467. The Kier molecular flexibility index (Phi) is 3.83. The lowest BCUT2D eigenvalue weighted by molar-refractivity contribution is -0.0110. The van der Waals surface area contributed by atoms with Crippen molar-refractivity contribution in [3.63, 3.8) is 0 Å². The molecule has 1 saturated heterocycles. The molecule has 0 aromatic heterocycles. The van der Waals surface area contributed by atoms with Crippen molar-refractivity contribution < 1.29 is 5.11 Å². The van der Waals surface area contributed by atoms with Crippen LogP contribution in [0.1, 0.15) is 25.3 Å². The molecule has 0 saturated carbocycles. The molecule has 1 aromatic rings. The van der Waals surface area contributed by atoms with Crippen LogP contribution in [0.25, 0.3) is 0 Å². The lowest BCUT2D eigenvalue weighted by Gasteiger charge is -2.35. The van der Waals surface area contributed by atoms with Gasteiger partial charge in [0.2, 0.25) is 0 Å². The van der Waals surface area contributed by atoms with E-state index in [9.17, 15) is 5.11 Å². The van der Waals surface area contributed by atoms with Crippen molar-refractivity contribution in [2.45, 2.75) is 25.4 Å². The van der Waals surface area contributed by atoms with Crippen LogP contribution in [-0.4, -0.2) is 35.2 Å². The molecule has 1 aliphatic heterocycles. The molecule has 90 valence electrons. The summed E-state index contributed by atoms with van der Waals surface area (Å²) >= 11 is 0. The van der Waals surface area contributed by atoms with Gasteiger partial charge in [-0.05, 0) is 38.4 Å². The second-order valence-electron chi connectivity index (χ2n) is 4.98. The predicted octanol–water partition coefficient (Wildman–Crippen LogP) is 1.88. The van der Waals surface area contributed by atoms with Crippen LogP contribution in [0.3, 0.4) is 0 Å². The zero-order chi connectivity index (χ0) is 12.1. The van der Waals surface area contributed by atoms with Gasteiger partial charge in [-0.2, -0.15) is 0 Å². The van der Waals surface area contributed by atoms with Crippen molar-refractivity contribution in [3.8, 4) is 11.8 Å². The van der Waals surface area contributed by atoms with Gasteiger partial charge in [0.15, 0.2) is 0 Å². The number of β-amino-alcohol motifs (C(OH)–C–C–N with tert-alkyl or cyclic N) is 1. The minimum absolute atomic E-state index is 0.535. The Morgan fingerprint density at radius 1 is 1.35 bits per heavy atom. The van der Waals surface area contributed by atoms with Crippen molar-refractivity contribution in [2.24, 2.45) is 0 Å². The summed E-state index contributed by atoms with van der Waals surface area (Å²) in [6, 6.07) is 10.0. The average Bonchev–Trinajstić information content (AvgIpc) is 2.29. The Morgan fingerprint density at radius 3 is 2.82 bits per heavy atom. The van der Waals surface area contributed by atoms with Gasteiger partial charge in [-0.3, -0.25) is 4.90 Å². The molecule has 1 aliphatic rings. The van der Waals surface area contributed by atoms with Gasteiger partial charge >= 0.3 is 0 Å². The van der Waals surface area contributed by atoms with Crippen LogP contribution in [-0.2, 0) is 0 Å². The molecule has 0 bridgehead atoms. The zero-order valence-electron chi connectivity index (χ0n) is 10.3. The van der Waals surface area contributed by atoms with Crippen LogP contribution in [0.15, 0.2) is 30.3 Å². The molecule has 0 spiro atoms. The highest BCUT2D eigenvalue weighted by Gasteiger charge is 2.27. The monoisotopic (exact) mass is 229 g/mol. The first-order chi connectivity index (χ1) is 8.16. The van der Waals surface area contributed by atoms with Gasteiger partial charge in [0.05, 0.1) is 12.1 Å². The second-order valence-corrected chi connectivity index (χ2v) is 4.98. The van der Waals surface area contributed by atoms with Gasteiger partial charge in [0.25, 0.3) is 0 Å². The maximum atomic E-state index is 9.97. The molecule has 0 amide bonds. The van der Waals surface area contributed by atoms with Crippen LogP contribution < -0.4 is 0 Å². The Morgan fingerprint density at radius 2 is 2.12 bits per heavy atom. The molecule has 2 rings (SSSR count). The van der Waals surface area contributed by atoms with E-state index in [1.807, 2.05) is 37.3 Å². The molecule has 1 fully saturated rings. The maximum Gasteiger partial charge on any atom is 0.0746 e. The van der Waals surface area contributed by atoms with Gasteiger partial charge < -0.3 is 5.11 Å². The van der Waals surface area contributed by atoms with E-state index in [-0.39, 0.29) is 0 Å². The van der Waals surface area contributed by atoms with Crippen molar-refractivity contribution in [2.75, 3.05) is 19.6 Å². The Bertz CT molecular complexity index is 414. The van der Waals surface area contributed by atoms with E-state index in [4.69, 9.17) is 0 Å². The summed E-state index contributed by atoms with van der Waals surface area (Å²) in [5, 5.41) is 9.97. The summed E-state index contributed by atoms with van der Waals surface area (Å²) in [4.78, 5) is 2.22. The molecule has 1 N–H and O–H groups in total. The van der Waals surface area contributed by atoms with E-state index in [1.54, 1.807) is 0 Å². The van der Waals surface area contributed by atoms with E-state index in [2.05, 4.69) is 16.7 Å². The summed E-state index contributed by atoms with van der Waals surface area (Å²) in [5.74, 6) is 6.32. The lowest BCUT2D eigenvalue weighted by atomic mass is 9.95. The first-order valence-electron chi connectivity index (χ1n) is 6.14. The third kappa shape index (κ3) is 3.89. The summed E-state index contributed by atoms with van der Waals surface area (Å²) in [6.45, 7) is 4.42. The predicted molar refractivity (Wildman–Crippen MR) is 69.6 cm³/mol. The first kappa shape index (κ1) is 12.2. The van der Waals surface area contributed by atoms with E-state index in [0.29, 0.717) is 0 Å². The molecule has 2 nitrogen and oxygen atoms in total. The Balaban J connectivity index is 1.88. The lowest BCUT2D eigenvalue weighted by Crippen LogP contribution is -2.46. The average molecular weight is 229 g/mol.